The van der Waals surface area contributed by atoms with Gasteiger partial charge in [0, 0.05) is 31.4 Å². The molecule has 3 aromatic rings. The molecule has 4 rings (SSSR count). The number of benzene rings is 1. The van der Waals surface area contributed by atoms with E-state index in [2.05, 4.69) is 15.5 Å². The summed E-state index contributed by atoms with van der Waals surface area (Å²) in [4.78, 5) is 12.8. The van der Waals surface area contributed by atoms with E-state index in [1.54, 1.807) is 18.3 Å². The highest BCUT2D eigenvalue weighted by Gasteiger charge is 2.35. The number of amides is 1. The van der Waals surface area contributed by atoms with Crippen LogP contribution in [0.4, 0.5) is 0 Å². The summed E-state index contributed by atoms with van der Waals surface area (Å²) in [5.41, 5.74) is 1.47. The van der Waals surface area contributed by atoms with Gasteiger partial charge in [-0.15, -0.1) is 0 Å². The maximum Gasteiger partial charge on any atom is 0.276 e. The van der Waals surface area contributed by atoms with Crippen LogP contribution >= 0.6 is 0 Å². The molecule has 1 fully saturated rings. The van der Waals surface area contributed by atoms with Crippen LogP contribution in [-0.4, -0.2) is 48.5 Å². The lowest BCUT2D eigenvalue weighted by molar-refractivity contribution is -0.126. The van der Waals surface area contributed by atoms with Gasteiger partial charge in [0.1, 0.15) is 11.4 Å². The molecule has 2 aromatic heterocycles. The Morgan fingerprint density at radius 3 is 2.91 bits per heavy atom. The first-order chi connectivity index (χ1) is 15.5. The summed E-state index contributed by atoms with van der Waals surface area (Å²) in [6.45, 7) is 3.23. The highest BCUT2D eigenvalue weighted by Crippen LogP contribution is 2.28. The van der Waals surface area contributed by atoms with Crippen molar-refractivity contribution >= 4 is 15.9 Å². The number of piperidine rings is 1. The molecule has 3 heterocycles. The van der Waals surface area contributed by atoms with E-state index in [0.29, 0.717) is 44.0 Å². The fourth-order valence-corrected chi connectivity index (χ4v) is 5.21. The largest absolute Gasteiger partial charge is 0.494 e. The first-order valence-corrected chi connectivity index (χ1v) is 12.0. The van der Waals surface area contributed by atoms with Crippen molar-refractivity contribution in [1.82, 2.24) is 19.8 Å². The SMILES string of the molecule is CCOc1ccccc1CNC(=O)[C@H]1CCCN(S(=O)(=O)c2ccc(-c3ccn[nH]3)o2)C1. The number of aromatic nitrogens is 2. The second-order valence-corrected chi connectivity index (χ2v) is 9.42. The van der Waals surface area contributed by atoms with Crippen molar-refractivity contribution in [2.24, 2.45) is 5.92 Å². The number of carbonyl (C=O) groups excluding carboxylic acids is 1. The Hall–Kier alpha value is -3.11. The first kappa shape index (κ1) is 22.1. The van der Waals surface area contributed by atoms with Crippen molar-refractivity contribution in [3.63, 3.8) is 0 Å². The molecule has 170 valence electrons. The zero-order valence-electron chi connectivity index (χ0n) is 17.8. The topological polar surface area (TPSA) is 118 Å². The minimum Gasteiger partial charge on any atom is -0.494 e. The molecule has 0 unspecified atom stereocenters. The predicted molar refractivity (Wildman–Crippen MR) is 117 cm³/mol. The lowest BCUT2D eigenvalue weighted by atomic mass is 9.98. The van der Waals surface area contributed by atoms with E-state index >= 15 is 0 Å². The average molecular weight is 459 g/mol. The van der Waals surface area contributed by atoms with E-state index in [1.807, 2.05) is 31.2 Å². The van der Waals surface area contributed by atoms with E-state index in [-0.39, 0.29) is 17.5 Å². The quantitative estimate of drug-likeness (QED) is 0.536. The molecule has 0 spiro atoms. The summed E-state index contributed by atoms with van der Waals surface area (Å²) in [7, 11) is -3.85. The molecule has 2 N–H and O–H groups in total. The Kier molecular flexibility index (Phi) is 6.61. The van der Waals surface area contributed by atoms with Crippen LogP contribution in [0.1, 0.15) is 25.3 Å². The van der Waals surface area contributed by atoms with E-state index < -0.39 is 15.9 Å². The van der Waals surface area contributed by atoms with Gasteiger partial charge in [-0.25, -0.2) is 8.42 Å². The summed E-state index contributed by atoms with van der Waals surface area (Å²) in [5.74, 6) is 0.517. The molecule has 0 aliphatic carbocycles. The van der Waals surface area contributed by atoms with Crippen LogP contribution in [0.2, 0.25) is 0 Å². The summed E-state index contributed by atoms with van der Waals surface area (Å²) in [5, 5.41) is 9.37. The van der Waals surface area contributed by atoms with Crippen LogP contribution in [0.3, 0.4) is 0 Å². The molecular formula is C22H26N4O5S. The number of H-pyrrole nitrogens is 1. The third-order valence-corrected chi connectivity index (χ3v) is 7.16. The van der Waals surface area contributed by atoms with Crippen LogP contribution in [-0.2, 0) is 21.4 Å². The fourth-order valence-electron chi connectivity index (χ4n) is 3.77. The lowest BCUT2D eigenvalue weighted by Crippen LogP contribution is -2.45. The second-order valence-electron chi connectivity index (χ2n) is 7.55. The average Bonchev–Trinajstić information content (AvgIpc) is 3.51. The maximum atomic E-state index is 13.1. The first-order valence-electron chi connectivity index (χ1n) is 10.6. The van der Waals surface area contributed by atoms with Crippen LogP contribution < -0.4 is 10.1 Å². The van der Waals surface area contributed by atoms with Crippen molar-refractivity contribution in [3.8, 4) is 17.2 Å². The molecule has 10 heteroatoms. The second kappa shape index (κ2) is 9.58. The number of nitrogens with zero attached hydrogens (tertiary/aromatic N) is 2. The highest BCUT2D eigenvalue weighted by atomic mass is 32.2. The van der Waals surface area contributed by atoms with E-state index in [0.717, 1.165) is 11.3 Å². The number of hydrogen-bond acceptors (Lipinski definition) is 6. The molecule has 1 atom stereocenters. The van der Waals surface area contributed by atoms with Gasteiger partial charge in [-0.2, -0.15) is 9.40 Å². The van der Waals surface area contributed by atoms with E-state index in [9.17, 15) is 13.2 Å². The Bertz CT molecular complexity index is 1160. The fraction of sp³-hybridized carbons (Fsp3) is 0.364. The third kappa shape index (κ3) is 4.71. The number of para-hydroxylation sites is 1. The number of hydrogen-bond donors (Lipinski definition) is 2. The summed E-state index contributed by atoms with van der Waals surface area (Å²) in [6, 6.07) is 12.2. The lowest BCUT2D eigenvalue weighted by Gasteiger charge is -2.30. The number of sulfonamides is 1. The Morgan fingerprint density at radius 1 is 1.28 bits per heavy atom. The van der Waals surface area contributed by atoms with Gasteiger partial charge in [0.25, 0.3) is 10.0 Å². The number of ether oxygens (including phenoxy) is 1. The van der Waals surface area contributed by atoms with E-state index in [4.69, 9.17) is 9.15 Å². The predicted octanol–water partition coefficient (Wildman–Crippen LogP) is 2.79. The number of furan rings is 1. The van der Waals surface area contributed by atoms with Crippen molar-refractivity contribution in [3.05, 3.63) is 54.2 Å². The molecule has 32 heavy (non-hydrogen) atoms. The van der Waals surface area contributed by atoms with Gasteiger partial charge in [0.05, 0.1) is 12.5 Å². The number of aromatic amines is 1. The van der Waals surface area contributed by atoms with Crippen LogP contribution in [0.15, 0.2) is 58.2 Å². The summed E-state index contributed by atoms with van der Waals surface area (Å²) < 4.78 is 38.7. The molecule has 0 bridgehead atoms. The molecule has 0 radical (unpaired) electrons. The normalized spacial score (nSPS) is 17.2. The Balaban J connectivity index is 1.41. The smallest absolute Gasteiger partial charge is 0.276 e. The number of rotatable bonds is 8. The van der Waals surface area contributed by atoms with Crippen molar-refractivity contribution < 1.29 is 22.4 Å². The van der Waals surface area contributed by atoms with Gasteiger partial charge in [-0.05, 0) is 44.0 Å². The molecule has 1 aliphatic rings. The van der Waals surface area contributed by atoms with E-state index in [1.165, 1.54) is 10.4 Å². The molecule has 1 aromatic carbocycles. The zero-order chi connectivity index (χ0) is 22.6. The molecule has 9 nitrogen and oxygen atoms in total. The standard InChI is InChI=1S/C22H26N4O5S/c1-2-30-19-8-4-3-6-16(19)14-23-22(27)17-7-5-13-26(15-17)32(28,29)21-10-9-20(31-21)18-11-12-24-25-18/h3-4,6,8-12,17H,2,5,7,13-15H2,1H3,(H,23,27)(H,24,25)/t17-/m0/s1. The number of nitrogens with one attached hydrogen (secondary N) is 2. The number of carbonyl (C=O) groups is 1. The molecule has 0 saturated carbocycles. The van der Waals surface area contributed by atoms with Crippen LogP contribution in [0.5, 0.6) is 5.75 Å². The van der Waals surface area contributed by atoms with Gasteiger partial charge >= 0.3 is 0 Å². The third-order valence-electron chi connectivity index (χ3n) is 5.42. The molecular weight excluding hydrogens is 432 g/mol. The van der Waals surface area contributed by atoms with Gasteiger partial charge in [0.2, 0.25) is 11.0 Å². The van der Waals surface area contributed by atoms with Gasteiger partial charge in [0.15, 0.2) is 5.76 Å². The minimum atomic E-state index is -3.85. The molecule has 1 aliphatic heterocycles. The summed E-state index contributed by atoms with van der Waals surface area (Å²) in [6.07, 6.45) is 2.79. The van der Waals surface area contributed by atoms with Crippen molar-refractivity contribution in [2.45, 2.75) is 31.4 Å². The van der Waals surface area contributed by atoms with Gasteiger partial charge < -0.3 is 14.5 Å². The molecule has 1 saturated heterocycles. The minimum absolute atomic E-state index is 0.112. The monoisotopic (exact) mass is 458 g/mol. The zero-order valence-corrected chi connectivity index (χ0v) is 18.6. The van der Waals surface area contributed by atoms with Gasteiger partial charge in [-0.1, -0.05) is 18.2 Å². The van der Waals surface area contributed by atoms with Gasteiger partial charge in [-0.3, -0.25) is 9.89 Å². The summed E-state index contributed by atoms with van der Waals surface area (Å²) >= 11 is 0. The van der Waals surface area contributed by atoms with Crippen LogP contribution in [0.25, 0.3) is 11.5 Å². The Morgan fingerprint density at radius 2 is 2.12 bits per heavy atom. The highest BCUT2D eigenvalue weighted by molar-refractivity contribution is 7.89. The Labute approximate surface area is 186 Å². The maximum absolute atomic E-state index is 13.1. The van der Waals surface area contributed by atoms with Crippen molar-refractivity contribution in [1.29, 1.82) is 0 Å². The van der Waals surface area contributed by atoms with Crippen molar-refractivity contribution in [2.75, 3.05) is 19.7 Å². The van der Waals surface area contributed by atoms with Crippen LogP contribution in [0, 0.1) is 5.92 Å². The molecule has 1 amide bonds.